The van der Waals surface area contributed by atoms with E-state index in [-0.39, 0.29) is 0 Å². The van der Waals surface area contributed by atoms with Crippen LogP contribution in [0.25, 0.3) is 0 Å². The molecule has 0 fully saturated rings. The van der Waals surface area contributed by atoms with Crippen molar-refractivity contribution in [3.05, 3.63) is 0 Å². The highest BCUT2D eigenvalue weighted by Gasteiger charge is 2.28. The Morgan fingerprint density at radius 3 is 1.45 bits per heavy atom. The predicted molar refractivity (Wildman–Crippen MR) is 35.4 cm³/mol. The highest BCUT2D eigenvalue weighted by molar-refractivity contribution is 7.59. The molecular formula is C4H5O6P. The summed E-state index contributed by atoms with van der Waals surface area (Å²) in [5.74, 6) is -3.25. The molecule has 0 radical (unpaired) electrons. The highest BCUT2D eigenvalue weighted by atomic mass is 31.1. The van der Waals surface area contributed by atoms with E-state index in [0.29, 0.717) is 0 Å². The Hall–Kier alpha value is -1.16. The number of rotatable bonds is 4. The minimum Gasteiger partial charge on any atom is -0.480 e. The summed E-state index contributed by atoms with van der Waals surface area (Å²) in [6.07, 6.45) is 0. The van der Waals surface area contributed by atoms with Crippen molar-refractivity contribution in [2.75, 3.05) is 0 Å². The van der Waals surface area contributed by atoms with Crippen LogP contribution in [0.4, 0.5) is 4.79 Å². The number of hydrogen-bond donors (Lipinski definition) is 3. The normalized spacial score (nSPS) is 10.6. The molecule has 0 rings (SSSR count). The molecule has 11 heavy (non-hydrogen) atoms. The number of carboxylic acids is 2. The second kappa shape index (κ2) is 3.88. The average Bonchev–Trinajstić information content (AvgIpc) is 1.81. The number of carboxylic acid groups (broad SMARTS) is 3. The van der Waals surface area contributed by atoms with Crippen LogP contribution in [0.3, 0.4) is 0 Å². The molecule has 1 atom stereocenters. The van der Waals surface area contributed by atoms with Crippen LogP contribution in [0.1, 0.15) is 0 Å². The molecule has 0 amide bonds. The first-order valence-electron chi connectivity index (χ1n) is 2.40. The first-order chi connectivity index (χ1) is 4.95. The summed E-state index contributed by atoms with van der Waals surface area (Å²) in [6, 6.07) is 0. The summed E-state index contributed by atoms with van der Waals surface area (Å²) in [6.45, 7) is 0. The van der Waals surface area contributed by atoms with Crippen molar-refractivity contribution in [2.24, 2.45) is 0 Å². The molecule has 0 aromatic rings. The summed E-state index contributed by atoms with van der Waals surface area (Å²) in [7, 11) is -1.14. The van der Waals surface area contributed by atoms with Crippen molar-refractivity contribution >= 4 is 26.2 Å². The second-order valence-corrected chi connectivity index (χ2v) is 2.85. The van der Waals surface area contributed by atoms with E-state index in [4.69, 9.17) is 15.3 Å². The van der Waals surface area contributed by atoms with Gasteiger partial charge < -0.3 is 15.3 Å². The van der Waals surface area contributed by atoms with Gasteiger partial charge in [-0.1, -0.05) is 0 Å². The van der Waals surface area contributed by atoms with Crippen LogP contribution in [0, 0.1) is 0 Å². The lowest BCUT2D eigenvalue weighted by Crippen LogP contribution is -2.25. The zero-order chi connectivity index (χ0) is 9.02. The van der Waals surface area contributed by atoms with Crippen molar-refractivity contribution < 1.29 is 29.7 Å². The van der Waals surface area contributed by atoms with Gasteiger partial charge in [0.15, 0.2) is 5.66 Å². The maximum Gasteiger partial charge on any atom is 0.322 e. The lowest BCUT2D eigenvalue weighted by Gasteiger charge is -2.01. The molecule has 0 aliphatic rings. The van der Waals surface area contributed by atoms with E-state index in [9.17, 15) is 14.4 Å². The Labute approximate surface area is 62.6 Å². The Morgan fingerprint density at radius 1 is 1.00 bits per heavy atom. The molecule has 0 bridgehead atoms. The van der Waals surface area contributed by atoms with Crippen LogP contribution in [0.5, 0.6) is 0 Å². The molecule has 0 aromatic heterocycles. The zero-order valence-corrected chi connectivity index (χ0v) is 6.14. The molecule has 62 valence electrons. The van der Waals surface area contributed by atoms with Gasteiger partial charge in [-0.2, -0.15) is 0 Å². The highest BCUT2D eigenvalue weighted by Crippen LogP contribution is 2.19. The van der Waals surface area contributed by atoms with Crippen LogP contribution in [-0.4, -0.2) is 38.6 Å². The monoisotopic (exact) mass is 180 g/mol. The van der Waals surface area contributed by atoms with Crippen molar-refractivity contribution in [3.8, 4) is 0 Å². The smallest absolute Gasteiger partial charge is 0.322 e. The molecule has 0 spiro atoms. The van der Waals surface area contributed by atoms with Gasteiger partial charge in [0, 0.05) is 8.58 Å². The molecule has 3 N–H and O–H groups in total. The minimum atomic E-state index is -1.83. The number of aliphatic carboxylic acids is 2. The molecule has 6 nitrogen and oxygen atoms in total. The molecule has 7 heteroatoms. The van der Waals surface area contributed by atoms with E-state index in [0.717, 1.165) is 0 Å². The summed E-state index contributed by atoms with van der Waals surface area (Å²) >= 11 is 0. The summed E-state index contributed by atoms with van der Waals surface area (Å²) in [5.41, 5.74) is -3.24. The third kappa shape index (κ3) is 3.52. The largest absolute Gasteiger partial charge is 0.480 e. The van der Waals surface area contributed by atoms with E-state index in [1.165, 1.54) is 0 Å². The maximum atomic E-state index is 10.0. The van der Waals surface area contributed by atoms with Crippen LogP contribution < -0.4 is 0 Å². The summed E-state index contributed by atoms with van der Waals surface area (Å²) < 4.78 is 0. The second-order valence-electron chi connectivity index (χ2n) is 1.56. The Bertz CT molecular complexity index is 185. The summed E-state index contributed by atoms with van der Waals surface area (Å²) in [4.78, 5) is 30.0. The van der Waals surface area contributed by atoms with Crippen LogP contribution >= 0.6 is 8.58 Å². The van der Waals surface area contributed by atoms with E-state index in [1.807, 2.05) is 0 Å². The Morgan fingerprint density at radius 2 is 1.36 bits per heavy atom. The zero-order valence-electron chi connectivity index (χ0n) is 5.14. The third-order valence-corrected chi connectivity index (χ3v) is 1.79. The minimum absolute atomic E-state index is 1.14. The van der Waals surface area contributed by atoms with Crippen molar-refractivity contribution in [1.29, 1.82) is 0 Å². The number of carbonyl (C=O) groups is 3. The van der Waals surface area contributed by atoms with Gasteiger partial charge in [0.05, 0.1) is 0 Å². The maximum absolute atomic E-state index is 10.0. The first kappa shape index (κ1) is 9.84. The van der Waals surface area contributed by atoms with Gasteiger partial charge in [0.1, 0.15) is 0 Å². The molecule has 0 aromatic carbocycles. The summed E-state index contributed by atoms with van der Waals surface area (Å²) in [5, 5.41) is 24.4. The van der Waals surface area contributed by atoms with Crippen LogP contribution in [0.15, 0.2) is 0 Å². The SMILES string of the molecule is O=C(O)PC(C(=O)O)C(=O)O. The fraction of sp³-hybridized carbons (Fsp3) is 0.250. The molecule has 0 heterocycles. The van der Waals surface area contributed by atoms with E-state index < -0.39 is 31.9 Å². The standard InChI is InChI=1S/C4H5O6P/c5-2(6)1(3(7)8)11-4(9)10/h1,11H,(H,5,6)(H,7,8)(H,9,10). The van der Waals surface area contributed by atoms with E-state index >= 15 is 0 Å². The lowest BCUT2D eigenvalue weighted by atomic mass is 10.4. The van der Waals surface area contributed by atoms with Crippen LogP contribution in [0.2, 0.25) is 0 Å². The van der Waals surface area contributed by atoms with Crippen molar-refractivity contribution in [3.63, 3.8) is 0 Å². The van der Waals surface area contributed by atoms with Crippen LogP contribution in [-0.2, 0) is 9.59 Å². The van der Waals surface area contributed by atoms with Crippen molar-refractivity contribution in [1.82, 2.24) is 0 Å². The van der Waals surface area contributed by atoms with Gasteiger partial charge in [-0.15, -0.1) is 0 Å². The topological polar surface area (TPSA) is 112 Å². The fourth-order valence-electron chi connectivity index (χ4n) is 0.353. The van der Waals surface area contributed by atoms with Gasteiger partial charge in [-0.3, -0.25) is 9.59 Å². The van der Waals surface area contributed by atoms with Gasteiger partial charge in [-0.05, 0) is 0 Å². The van der Waals surface area contributed by atoms with E-state index in [1.54, 1.807) is 0 Å². The fourth-order valence-corrected chi connectivity index (χ4v) is 0.846. The van der Waals surface area contributed by atoms with Crippen molar-refractivity contribution in [2.45, 2.75) is 5.66 Å². The molecule has 1 unspecified atom stereocenters. The first-order valence-corrected chi connectivity index (χ1v) is 3.48. The van der Waals surface area contributed by atoms with Gasteiger partial charge in [-0.25, -0.2) is 4.79 Å². The number of hydrogen-bond acceptors (Lipinski definition) is 3. The lowest BCUT2D eigenvalue weighted by molar-refractivity contribution is -0.146. The van der Waals surface area contributed by atoms with Gasteiger partial charge >= 0.3 is 17.6 Å². The third-order valence-electron chi connectivity index (χ3n) is 0.762. The van der Waals surface area contributed by atoms with E-state index in [2.05, 4.69) is 0 Å². The molecule has 0 aliphatic heterocycles. The Kier molecular flexibility index (Phi) is 3.47. The molecule has 0 aliphatic carbocycles. The Balaban J connectivity index is 4.23. The quantitative estimate of drug-likeness (QED) is 0.410. The molecular weight excluding hydrogens is 175 g/mol. The van der Waals surface area contributed by atoms with Gasteiger partial charge in [0.2, 0.25) is 0 Å². The van der Waals surface area contributed by atoms with Gasteiger partial charge in [0.25, 0.3) is 0 Å². The molecule has 0 saturated carbocycles. The predicted octanol–water partition coefficient (Wildman–Crippen LogP) is -0.119. The molecule has 0 saturated heterocycles. The average molecular weight is 180 g/mol.